The number of nitrogens with one attached hydrogen (secondary N) is 2. The van der Waals surface area contributed by atoms with Gasteiger partial charge >= 0.3 is 0 Å². The van der Waals surface area contributed by atoms with Gasteiger partial charge in [-0.15, -0.1) is 0 Å². The van der Waals surface area contributed by atoms with E-state index in [9.17, 15) is 14.0 Å². The maximum absolute atomic E-state index is 13.4. The number of amides is 2. The average molecular weight is 286 g/mol. The van der Waals surface area contributed by atoms with Gasteiger partial charge < -0.3 is 10.6 Å². The van der Waals surface area contributed by atoms with Gasteiger partial charge in [0.15, 0.2) is 0 Å². The number of carbonyl (C=O) groups is 2. The van der Waals surface area contributed by atoms with Crippen molar-refractivity contribution in [3.8, 4) is 0 Å². The summed E-state index contributed by atoms with van der Waals surface area (Å²) < 4.78 is 13.4. The number of halogens is 2. The molecule has 1 aromatic carbocycles. The van der Waals surface area contributed by atoms with E-state index in [1.165, 1.54) is 18.2 Å². The van der Waals surface area contributed by atoms with E-state index in [1.807, 2.05) is 0 Å². The molecule has 0 aromatic heterocycles. The normalized spacial score (nSPS) is 16.0. The van der Waals surface area contributed by atoms with Crippen LogP contribution in [0.3, 0.4) is 0 Å². The van der Waals surface area contributed by atoms with Gasteiger partial charge in [0.05, 0.1) is 18.8 Å². The third-order valence-corrected chi connectivity index (χ3v) is 2.92. The minimum Gasteiger partial charge on any atom is -0.354 e. The molecule has 7 heteroatoms. The Labute approximate surface area is 114 Å². The van der Waals surface area contributed by atoms with Crippen LogP contribution >= 0.6 is 11.6 Å². The van der Waals surface area contributed by atoms with Gasteiger partial charge in [0.1, 0.15) is 5.82 Å². The summed E-state index contributed by atoms with van der Waals surface area (Å²) >= 11 is 5.73. The summed E-state index contributed by atoms with van der Waals surface area (Å²) in [7, 11) is 0. The van der Waals surface area contributed by atoms with Gasteiger partial charge in [0, 0.05) is 18.1 Å². The number of benzene rings is 1. The number of hydrogen-bond donors (Lipinski definition) is 2. The molecule has 1 saturated heterocycles. The van der Waals surface area contributed by atoms with E-state index in [0.717, 1.165) is 0 Å². The van der Waals surface area contributed by atoms with Crippen LogP contribution in [0.4, 0.5) is 10.1 Å². The van der Waals surface area contributed by atoms with Crippen LogP contribution in [0.5, 0.6) is 0 Å². The Morgan fingerprint density at radius 3 is 3.05 bits per heavy atom. The molecule has 1 aliphatic rings. The van der Waals surface area contributed by atoms with Gasteiger partial charge in [0.25, 0.3) is 0 Å². The van der Waals surface area contributed by atoms with Gasteiger partial charge in [-0.05, 0) is 18.2 Å². The molecule has 0 bridgehead atoms. The smallest absolute Gasteiger partial charge is 0.238 e. The monoisotopic (exact) mass is 285 g/mol. The van der Waals surface area contributed by atoms with Crippen LogP contribution in [0.15, 0.2) is 18.2 Å². The van der Waals surface area contributed by atoms with Crippen molar-refractivity contribution in [3.05, 3.63) is 29.0 Å². The molecule has 1 aromatic rings. The summed E-state index contributed by atoms with van der Waals surface area (Å²) in [5.41, 5.74) is 0.0407. The third-order valence-electron chi connectivity index (χ3n) is 2.69. The Morgan fingerprint density at radius 2 is 2.32 bits per heavy atom. The van der Waals surface area contributed by atoms with Crippen molar-refractivity contribution < 1.29 is 14.0 Å². The van der Waals surface area contributed by atoms with Crippen molar-refractivity contribution >= 4 is 29.1 Å². The van der Waals surface area contributed by atoms with Crippen LogP contribution < -0.4 is 10.6 Å². The molecule has 1 heterocycles. The van der Waals surface area contributed by atoms with E-state index in [4.69, 9.17) is 11.6 Å². The Kier molecular flexibility index (Phi) is 4.34. The van der Waals surface area contributed by atoms with E-state index in [0.29, 0.717) is 18.1 Å². The summed E-state index contributed by atoms with van der Waals surface area (Å²) in [6.45, 7) is 1.32. The molecule has 0 radical (unpaired) electrons. The third kappa shape index (κ3) is 3.90. The van der Waals surface area contributed by atoms with Crippen molar-refractivity contribution in [2.45, 2.75) is 0 Å². The fourth-order valence-electron chi connectivity index (χ4n) is 1.81. The molecule has 102 valence electrons. The molecule has 0 saturated carbocycles. The maximum Gasteiger partial charge on any atom is 0.238 e. The second-order valence-corrected chi connectivity index (χ2v) is 4.67. The second-order valence-electron chi connectivity index (χ2n) is 4.23. The first-order valence-electron chi connectivity index (χ1n) is 5.78. The van der Waals surface area contributed by atoms with E-state index in [1.54, 1.807) is 4.90 Å². The zero-order chi connectivity index (χ0) is 13.8. The lowest BCUT2D eigenvalue weighted by Crippen LogP contribution is -2.49. The van der Waals surface area contributed by atoms with E-state index < -0.39 is 5.82 Å². The first-order valence-corrected chi connectivity index (χ1v) is 6.16. The average Bonchev–Trinajstić information content (AvgIpc) is 2.34. The molecular weight excluding hydrogens is 273 g/mol. The maximum atomic E-state index is 13.4. The lowest BCUT2D eigenvalue weighted by Gasteiger charge is -2.25. The van der Waals surface area contributed by atoms with Crippen LogP contribution in [-0.4, -0.2) is 42.9 Å². The predicted molar refractivity (Wildman–Crippen MR) is 69.5 cm³/mol. The minimum atomic E-state index is -0.547. The standard InChI is InChI=1S/C12H13ClFN3O2/c13-8-1-2-9(14)10(5-8)16-12(19)7-17-4-3-15-11(18)6-17/h1-2,5H,3-4,6-7H2,(H,15,18)(H,16,19). The Balaban J connectivity index is 1.93. The molecule has 2 N–H and O–H groups in total. The Morgan fingerprint density at radius 1 is 1.53 bits per heavy atom. The van der Waals surface area contributed by atoms with Gasteiger partial charge in [0.2, 0.25) is 11.8 Å². The molecule has 2 amide bonds. The molecule has 2 rings (SSSR count). The first-order chi connectivity index (χ1) is 9.04. The van der Waals surface area contributed by atoms with Crippen molar-refractivity contribution in [2.75, 3.05) is 31.5 Å². The molecule has 0 atom stereocenters. The van der Waals surface area contributed by atoms with Gasteiger partial charge in [-0.3, -0.25) is 14.5 Å². The molecular formula is C12H13ClFN3O2. The van der Waals surface area contributed by atoms with Crippen molar-refractivity contribution in [1.82, 2.24) is 10.2 Å². The number of rotatable bonds is 3. The molecule has 0 unspecified atom stereocenters. The number of nitrogens with zero attached hydrogens (tertiary/aromatic N) is 1. The molecule has 0 aliphatic carbocycles. The predicted octanol–water partition coefficient (Wildman–Crippen LogP) is 0.849. The van der Waals surface area contributed by atoms with Crippen LogP contribution in [0.25, 0.3) is 0 Å². The molecule has 1 fully saturated rings. The lowest BCUT2D eigenvalue weighted by molar-refractivity contribution is -0.125. The number of anilines is 1. The molecule has 19 heavy (non-hydrogen) atoms. The Bertz CT molecular complexity index is 510. The van der Waals surface area contributed by atoms with Crippen LogP contribution in [0.2, 0.25) is 5.02 Å². The van der Waals surface area contributed by atoms with Gasteiger partial charge in [-0.25, -0.2) is 4.39 Å². The van der Waals surface area contributed by atoms with Crippen molar-refractivity contribution in [3.63, 3.8) is 0 Å². The Hall–Kier alpha value is -1.66. The number of carbonyl (C=O) groups excluding carboxylic acids is 2. The molecule has 5 nitrogen and oxygen atoms in total. The van der Waals surface area contributed by atoms with E-state index >= 15 is 0 Å². The van der Waals surface area contributed by atoms with E-state index in [2.05, 4.69) is 10.6 Å². The lowest BCUT2D eigenvalue weighted by atomic mass is 10.3. The number of hydrogen-bond acceptors (Lipinski definition) is 3. The fourth-order valence-corrected chi connectivity index (χ4v) is 1.98. The topological polar surface area (TPSA) is 61.4 Å². The first kappa shape index (κ1) is 13.8. The van der Waals surface area contributed by atoms with E-state index in [-0.39, 0.29) is 30.6 Å². The van der Waals surface area contributed by atoms with Crippen LogP contribution in [0, 0.1) is 5.82 Å². The minimum absolute atomic E-state index is 0.0407. The fraction of sp³-hybridized carbons (Fsp3) is 0.333. The zero-order valence-electron chi connectivity index (χ0n) is 10.1. The summed E-state index contributed by atoms with van der Waals surface area (Å²) in [6.07, 6.45) is 0. The largest absolute Gasteiger partial charge is 0.354 e. The molecule has 1 aliphatic heterocycles. The summed E-state index contributed by atoms with van der Waals surface area (Å²) in [5.74, 6) is -1.04. The van der Waals surface area contributed by atoms with Crippen molar-refractivity contribution in [2.24, 2.45) is 0 Å². The summed E-state index contributed by atoms with van der Waals surface area (Å²) in [5, 5.41) is 5.44. The van der Waals surface area contributed by atoms with Crippen LogP contribution in [0.1, 0.15) is 0 Å². The zero-order valence-corrected chi connectivity index (χ0v) is 10.8. The van der Waals surface area contributed by atoms with Crippen LogP contribution in [-0.2, 0) is 9.59 Å². The highest BCUT2D eigenvalue weighted by Gasteiger charge is 2.19. The summed E-state index contributed by atoms with van der Waals surface area (Å²) in [6, 6.07) is 3.94. The SMILES string of the molecule is O=C1CN(CC(=O)Nc2cc(Cl)ccc2F)CCN1. The van der Waals surface area contributed by atoms with Gasteiger partial charge in [-0.2, -0.15) is 0 Å². The number of piperazine rings is 1. The van der Waals surface area contributed by atoms with Gasteiger partial charge in [-0.1, -0.05) is 11.6 Å². The quantitative estimate of drug-likeness (QED) is 0.865. The highest BCUT2D eigenvalue weighted by atomic mass is 35.5. The highest BCUT2D eigenvalue weighted by Crippen LogP contribution is 2.19. The second kappa shape index (κ2) is 5.99. The highest BCUT2D eigenvalue weighted by molar-refractivity contribution is 6.30. The summed E-state index contributed by atoms with van der Waals surface area (Å²) in [4.78, 5) is 24.6. The van der Waals surface area contributed by atoms with Crippen molar-refractivity contribution in [1.29, 1.82) is 0 Å². The molecule has 0 spiro atoms.